The van der Waals surface area contributed by atoms with Gasteiger partial charge in [-0.1, -0.05) is 41.6 Å². The second kappa shape index (κ2) is 8.02. The molecule has 8 heteroatoms. The summed E-state index contributed by atoms with van der Waals surface area (Å²) in [6.07, 6.45) is 2.36. The molecule has 0 N–H and O–H groups in total. The monoisotopic (exact) mass is 421 g/mol. The van der Waals surface area contributed by atoms with Crippen LogP contribution in [0.25, 0.3) is 16.8 Å². The summed E-state index contributed by atoms with van der Waals surface area (Å²) < 4.78 is 9.14. The van der Waals surface area contributed by atoms with Gasteiger partial charge in [0.15, 0.2) is 10.7 Å². The maximum Gasteiger partial charge on any atom is 0.419 e. The molecule has 4 aromatic rings. The van der Waals surface area contributed by atoms with Crippen molar-refractivity contribution in [2.75, 3.05) is 23.7 Å². The van der Waals surface area contributed by atoms with Gasteiger partial charge in [0, 0.05) is 25.4 Å². The fraction of sp³-hybridized carbons (Fsp3) is 0.318. The highest BCUT2D eigenvalue weighted by molar-refractivity contribution is 7.99. The average molecular weight is 422 g/mol. The first-order valence-electron chi connectivity index (χ1n) is 10.2. The largest absolute Gasteiger partial charge is 0.419 e. The lowest BCUT2D eigenvalue weighted by Crippen LogP contribution is -2.22. The van der Waals surface area contributed by atoms with Crippen LogP contribution in [0.4, 0.5) is 5.95 Å². The third-order valence-corrected chi connectivity index (χ3v) is 6.33. The van der Waals surface area contributed by atoms with Crippen LogP contribution in [0.15, 0.2) is 62.9 Å². The molecule has 0 aliphatic carbocycles. The highest BCUT2D eigenvalue weighted by Gasteiger charge is 2.22. The predicted molar refractivity (Wildman–Crippen MR) is 119 cm³/mol. The highest BCUT2D eigenvalue weighted by atomic mass is 32.2. The molecule has 0 saturated carbocycles. The highest BCUT2D eigenvalue weighted by Crippen LogP contribution is 2.29. The first kappa shape index (κ1) is 19.0. The third-order valence-electron chi connectivity index (χ3n) is 5.42. The normalized spacial score (nSPS) is 14.1. The van der Waals surface area contributed by atoms with E-state index in [-0.39, 0.29) is 5.76 Å². The van der Waals surface area contributed by atoms with Crippen molar-refractivity contribution >= 4 is 28.8 Å². The van der Waals surface area contributed by atoms with Gasteiger partial charge in [-0.3, -0.25) is 9.13 Å². The molecule has 1 fully saturated rings. The number of oxazole rings is 1. The molecule has 0 atom stereocenters. The van der Waals surface area contributed by atoms with Gasteiger partial charge in [0.05, 0.1) is 11.2 Å². The number of para-hydroxylation sites is 2. The minimum atomic E-state index is -0.324. The van der Waals surface area contributed by atoms with E-state index in [1.165, 1.54) is 18.4 Å². The van der Waals surface area contributed by atoms with Crippen molar-refractivity contribution in [3.8, 4) is 5.69 Å². The standard InChI is InChI=1S/C22H23N5O2S/c1-16-8-10-17(11-9-16)27-20(25-12-4-5-13-25)23-24-21(27)30-15-14-26-18-6-2-3-7-19(18)29-22(26)28/h2-3,6-11H,4-5,12-15H2,1H3. The molecule has 2 aromatic heterocycles. The van der Waals surface area contributed by atoms with Gasteiger partial charge < -0.3 is 9.32 Å². The smallest absolute Gasteiger partial charge is 0.408 e. The van der Waals surface area contributed by atoms with Crippen LogP contribution in [0.1, 0.15) is 18.4 Å². The van der Waals surface area contributed by atoms with Crippen molar-refractivity contribution in [3.05, 3.63) is 64.6 Å². The molecule has 1 aliphatic heterocycles. The molecule has 0 spiro atoms. The number of aromatic nitrogens is 4. The van der Waals surface area contributed by atoms with E-state index in [1.54, 1.807) is 16.3 Å². The summed E-state index contributed by atoms with van der Waals surface area (Å²) in [5, 5.41) is 9.83. The predicted octanol–water partition coefficient (Wildman–Crippen LogP) is 3.88. The van der Waals surface area contributed by atoms with E-state index in [2.05, 4.69) is 50.9 Å². The number of nitrogens with zero attached hydrogens (tertiary/aromatic N) is 5. The molecule has 0 radical (unpaired) electrons. The van der Waals surface area contributed by atoms with Crippen LogP contribution in [0, 0.1) is 6.92 Å². The molecule has 2 aromatic carbocycles. The topological polar surface area (TPSA) is 69.1 Å². The van der Waals surface area contributed by atoms with E-state index in [0.29, 0.717) is 17.9 Å². The lowest BCUT2D eigenvalue weighted by Gasteiger charge is -2.18. The third kappa shape index (κ3) is 3.52. The Balaban J connectivity index is 1.42. The number of fused-ring (bicyclic) bond motifs is 1. The Morgan fingerprint density at radius 3 is 2.60 bits per heavy atom. The minimum Gasteiger partial charge on any atom is -0.408 e. The molecule has 1 saturated heterocycles. The van der Waals surface area contributed by atoms with Gasteiger partial charge in [0.25, 0.3) is 0 Å². The fourth-order valence-electron chi connectivity index (χ4n) is 3.85. The Kier molecular flexibility index (Phi) is 5.08. The Morgan fingerprint density at radius 1 is 1.03 bits per heavy atom. The van der Waals surface area contributed by atoms with Crippen LogP contribution in [0.3, 0.4) is 0 Å². The summed E-state index contributed by atoms with van der Waals surface area (Å²) in [5.74, 6) is 1.26. The number of rotatable bonds is 6. The molecule has 0 amide bonds. The first-order chi connectivity index (χ1) is 14.7. The zero-order valence-electron chi connectivity index (χ0n) is 16.8. The summed E-state index contributed by atoms with van der Waals surface area (Å²) in [6.45, 7) is 4.64. The van der Waals surface area contributed by atoms with Crippen molar-refractivity contribution in [2.24, 2.45) is 0 Å². The molecule has 30 heavy (non-hydrogen) atoms. The van der Waals surface area contributed by atoms with Crippen LogP contribution in [-0.2, 0) is 6.54 Å². The van der Waals surface area contributed by atoms with Gasteiger partial charge in [-0.05, 0) is 44.0 Å². The van der Waals surface area contributed by atoms with E-state index >= 15 is 0 Å². The molecule has 5 rings (SSSR count). The zero-order chi connectivity index (χ0) is 20.5. The number of hydrogen-bond acceptors (Lipinski definition) is 6. The Hall–Kier alpha value is -3.00. The SMILES string of the molecule is Cc1ccc(-n2c(SCCn3c(=O)oc4ccccc43)nnc2N2CCCC2)cc1. The quantitative estimate of drug-likeness (QED) is 0.440. The Bertz CT molecular complexity index is 1220. The number of hydrogen-bond donors (Lipinski definition) is 0. The molecule has 154 valence electrons. The molecular formula is C22H23N5O2S. The molecule has 3 heterocycles. The Morgan fingerprint density at radius 2 is 1.80 bits per heavy atom. The summed E-state index contributed by atoms with van der Waals surface area (Å²) in [5.41, 5.74) is 3.71. The van der Waals surface area contributed by atoms with Crippen molar-refractivity contribution in [3.63, 3.8) is 0 Å². The zero-order valence-corrected chi connectivity index (χ0v) is 17.6. The van der Waals surface area contributed by atoms with E-state index in [9.17, 15) is 4.79 Å². The van der Waals surface area contributed by atoms with Crippen LogP contribution in [0.5, 0.6) is 0 Å². The van der Waals surface area contributed by atoms with E-state index < -0.39 is 0 Å². The number of anilines is 1. The lowest BCUT2D eigenvalue weighted by molar-refractivity contribution is 0.514. The van der Waals surface area contributed by atoms with Gasteiger partial charge in [-0.2, -0.15) is 0 Å². The number of benzene rings is 2. The van der Waals surface area contributed by atoms with Crippen LogP contribution < -0.4 is 10.7 Å². The molecule has 0 unspecified atom stereocenters. The maximum atomic E-state index is 12.2. The number of thioether (sulfide) groups is 1. The summed E-state index contributed by atoms with van der Waals surface area (Å²) in [4.78, 5) is 14.5. The average Bonchev–Trinajstić information content (AvgIpc) is 3.48. The van der Waals surface area contributed by atoms with E-state index in [4.69, 9.17) is 4.42 Å². The van der Waals surface area contributed by atoms with Gasteiger partial charge in [0.2, 0.25) is 5.95 Å². The molecule has 0 bridgehead atoms. The van der Waals surface area contributed by atoms with Crippen LogP contribution >= 0.6 is 11.8 Å². The van der Waals surface area contributed by atoms with Gasteiger partial charge in [0.1, 0.15) is 0 Å². The van der Waals surface area contributed by atoms with Crippen LogP contribution in [-0.4, -0.2) is 38.2 Å². The van der Waals surface area contributed by atoms with Crippen molar-refractivity contribution < 1.29 is 4.42 Å². The number of aryl methyl sites for hydroxylation is 2. The first-order valence-corrected chi connectivity index (χ1v) is 11.2. The Labute approximate surface area is 178 Å². The second-order valence-electron chi connectivity index (χ2n) is 7.48. The second-order valence-corrected chi connectivity index (χ2v) is 8.55. The maximum absolute atomic E-state index is 12.2. The van der Waals surface area contributed by atoms with Gasteiger partial charge in [-0.25, -0.2) is 4.79 Å². The lowest BCUT2D eigenvalue weighted by atomic mass is 10.2. The molecule has 1 aliphatic rings. The van der Waals surface area contributed by atoms with E-state index in [0.717, 1.165) is 35.4 Å². The van der Waals surface area contributed by atoms with Crippen LogP contribution in [0.2, 0.25) is 0 Å². The summed E-state index contributed by atoms with van der Waals surface area (Å²) in [7, 11) is 0. The summed E-state index contributed by atoms with van der Waals surface area (Å²) in [6, 6.07) is 15.9. The summed E-state index contributed by atoms with van der Waals surface area (Å²) >= 11 is 1.60. The molecular weight excluding hydrogens is 398 g/mol. The molecule has 7 nitrogen and oxygen atoms in total. The van der Waals surface area contributed by atoms with Crippen molar-refractivity contribution in [2.45, 2.75) is 31.5 Å². The minimum absolute atomic E-state index is 0.324. The van der Waals surface area contributed by atoms with Crippen molar-refractivity contribution in [1.29, 1.82) is 0 Å². The van der Waals surface area contributed by atoms with Gasteiger partial charge in [-0.15, -0.1) is 10.2 Å². The fourth-order valence-corrected chi connectivity index (χ4v) is 4.72. The van der Waals surface area contributed by atoms with E-state index in [1.807, 2.05) is 24.3 Å². The van der Waals surface area contributed by atoms with Crippen molar-refractivity contribution in [1.82, 2.24) is 19.3 Å². The van der Waals surface area contributed by atoms with Gasteiger partial charge >= 0.3 is 5.76 Å².